The third kappa shape index (κ3) is 6.38. The van der Waals surface area contributed by atoms with Gasteiger partial charge in [0.05, 0.1) is 12.2 Å². The van der Waals surface area contributed by atoms with Gasteiger partial charge in [0.1, 0.15) is 23.2 Å². The van der Waals surface area contributed by atoms with Crippen LogP contribution in [0.3, 0.4) is 0 Å². The number of amides is 2. The van der Waals surface area contributed by atoms with Crippen LogP contribution >= 0.6 is 11.8 Å². The number of nitrogens with one attached hydrogen (secondary N) is 2. The number of halogens is 3. The molecule has 0 bridgehead atoms. The van der Waals surface area contributed by atoms with Crippen molar-refractivity contribution < 1.29 is 27.5 Å². The molecule has 4 N–H and O–H groups in total. The normalized spacial score (nSPS) is 10.8. The molecule has 14 heteroatoms. The summed E-state index contributed by atoms with van der Waals surface area (Å²) in [5.41, 5.74) is 6.77. The molecule has 0 atom stereocenters. The van der Waals surface area contributed by atoms with E-state index in [1.807, 2.05) is 6.07 Å². The third-order valence-corrected chi connectivity index (χ3v) is 4.39. The van der Waals surface area contributed by atoms with Gasteiger partial charge in [0, 0.05) is 5.69 Å². The van der Waals surface area contributed by atoms with Gasteiger partial charge in [0.25, 0.3) is 0 Å². The molecule has 0 radical (unpaired) electrons. The number of aromatic nitrogens is 2. The SMILES string of the molecule is CCOC(=O)CN(NC(=O)Nc1cccc(C(F)(F)F)c1)c1nc(N)nc(SC)c1C#N. The van der Waals surface area contributed by atoms with Crippen LogP contribution < -0.4 is 21.5 Å². The maximum Gasteiger partial charge on any atom is 0.416 e. The summed E-state index contributed by atoms with van der Waals surface area (Å²) in [7, 11) is 0. The summed E-state index contributed by atoms with van der Waals surface area (Å²) in [6, 6.07) is 4.85. The van der Waals surface area contributed by atoms with Gasteiger partial charge in [-0.25, -0.2) is 15.2 Å². The Balaban J connectivity index is 2.35. The van der Waals surface area contributed by atoms with E-state index in [9.17, 15) is 28.0 Å². The van der Waals surface area contributed by atoms with Crippen LogP contribution in [-0.4, -0.2) is 41.4 Å². The maximum absolute atomic E-state index is 12.9. The summed E-state index contributed by atoms with van der Waals surface area (Å²) in [6.45, 7) is 1.06. The first-order valence-electron chi connectivity index (χ1n) is 8.88. The van der Waals surface area contributed by atoms with Crippen LogP contribution in [0.1, 0.15) is 18.1 Å². The van der Waals surface area contributed by atoms with Crippen molar-refractivity contribution in [2.45, 2.75) is 18.1 Å². The van der Waals surface area contributed by atoms with Gasteiger partial charge < -0.3 is 15.8 Å². The zero-order chi connectivity index (χ0) is 23.9. The van der Waals surface area contributed by atoms with Crippen LogP contribution in [-0.2, 0) is 15.7 Å². The average molecular weight is 469 g/mol. The van der Waals surface area contributed by atoms with Crippen molar-refractivity contribution in [2.75, 3.05) is 35.5 Å². The van der Waals surface area contributed by atoms with Gasteiger partial charge >= 0.3 is 18.2 Å². The van der Waals surface area contributed by atoms with Crippen molar-refractivity contribution in [3.8, 4) is 6.07 Å². The highest BCUT2D eigenvalue weighted by Gasteiger charge is 2.30. The molecule has 1 heterocycles. The number of carbonyl (C=O) groups excluding carboxylic acids is 2. The van der Waals surface area contributed by atoms with E-state index in [4.69, 9.17) is 10.5 Å². The first-order chi connectivity index (χ1) is 15.1. The topological polar surface area (TPSA) is 146 Å². The molecule has 2 rings (SSSR count). The minimum absolute atomic E-state index is 0.0518. The van der Waals surface area contributed by atoms with E-state index < -0.39 is 30.3 Å². The fraction of sp³-hybridized carbons (Fsp3) is 0.278. The molecule has 1 aromatic carbocycles. The molecule has 32 heavy (non-hydrogen) atoms. The number of hydrazine groups is 1. The number of anilines is 3. The van der Waals surface area contributed by atoms with E-state index in [-0.39, 0.29) is 34.6 Å². The Bertz CT molecular complexity index is 1040. The second-order valence-electron chi connectivity index (χ2n) is 5.94. The van der Waals surface area contributed by atoms with Crippen molar-refractivity contribution in [1.29, 1.82) is 5.26 Å². The van der Waals surface area contributed by atoms with Crippen molar-refractivity contribution in [2.24, 2.45) is 0 Å². The lowest BCUT2D eigenvalue weighted by Crippen LogP contribution is -2.48. The lowest BCUT2D eigenvalue weighted by atomic mass is 10.2. The van der Waals surface area contributed by atoms with E-state index in [0.29, 0.717) is 0 Å². The number of carbonyl (C=O) groups is 2. The van der Waals surface area contributed by atoms with E-state index in [1.54, 1.807) is 13.2 Å². The molecule has 0 saturated heterocycles. The Labute approximate surface area is 184 Å². The second-order valence-corrected chi connectivity index (χ2v) is 6.73. The molecule has 0 spiro atoms. The van der Waals surface area contributed by atoms with Crippen LogP contribution in [0, 0.1) is 11.3 Å². The number of benzene rings is 1. The number of thioether (sulfide) groups is 1. The number of urea groups is 1. The van der Waals surface area contributed by atoms with Gasteiger partial charge in [-0.2, -0.15) is 23.4 Å². The van der Waals surface area contributed by atoms with Gasteiger partial charge in [0.2, 0.25) is 5.95 Å². The summed E-state index contributed by atoms with van der Waals surface area (Å²) in [5, 5.41) is 12.9. The van der Waals surface area contributed by atoms with Crippen molar-refractivity contribution in [3.63, 3.8) is 0 Å². The highest BCUT2D eigenvalue weighted by atomic mass is 32.2. The van der Waals surface area contributed by atoms with Crippen LogP contribution in [0.25, 0.3) is 0 Å². The molecule has 2 aromatic rings. The lowest BCUT2D eigenvalue weighted by molar-refractivity contribution is -0.141. The van der Waals surface area contributed by atoms with Gasteiger partial charge in [-0.05, 0) is 31.4 Å². The predicted octanol–water partition coefficient (Wildman–Crippen LogP) is 2.78. The number of nitrogen functional groups attached to an aromatic ring is 1. The minimum Gasteiger partial charge on any atom is -0.465 e. The molecule has 0 aliphatic carbocycles. The molecule has 10 nitrogen and oxygen atoms in total. The Morgan fingerprint density at radius 1 is 1.34 bits per heavy atom. The number of nitriles is 1. The monoisotopic (exact) mass is 469 g/mol. The highest BCUT2D eigenvalue weighted by molar-refractivity contribution is 7.98. The molecule has 0 saturated carbocycles. The lowest BCUT2D eigenvalue weighted by Gasteiger charge is -2.25. The number of nitrogens with zero attached hydrogens (tertiary/aromatic N) is 4. The summed E-state index contributed by atoms with van der Waals surface area (Å²) < 4.78 is 43.6. The summed E-state index contributed by atoms with van der Waals surface area (Å²) in [5.74, 6) is -1.17. The van der Waals surface area contributed by atoms with Crippen molar-refractivity contribution in [1.82, 2.24) is 15.4 Å². The second kappa shape index (κ2) is 10.5. The molecule has 0 unspecified atom stereocenters. The Morgan fingerprint density at radius 3 is 2.66 bits per heavy atom. The van der Waals surface area contributed by atoms with Crippen LogP contribution in [0.5, 0.6) is 0 Å². The highest BCUT2D eigenvalue weighted by Crippen LogP contribution is 2.30. The number of alkyl halides is 3. The van der Waals surface area contributed by atoms with Gasteiger partial charge in [-0.3, -0.25) is 9.80 Å². The molecule has 0 fully saturated rings. The molecular weight excluding hydrogens is 451 g/mol. The molecule has 170 valence electrons. The number of nitrogens with two attached hydrogens (primary N) is 1. The molecule has 0 aliphatic heterocycles. The van der Waals surface area contributed by atoms with E-state index >= 15 is 0 Å². The maximum atomic E-state index is 12.9. The number of hydrogen-bond acceptors (Lipinski definition) is 9. The Kier molecular flexibility index (Phi) is 8.08. The first-order valence-corrected chi connectivity index (χ1v) is 10.1. The number of esters is 1. The largest absolute Gasteiger partial charge is 0.465 e. The zero-order valence-corrected chi connectivity index (χ0v) is 17.7. The standard InChI is InChI=1S/C18H18F3N7O3S/c1-3-31-13(29)9-28(14-12(8-22)15(32-2)26-16(23)25-14)27-17(30)24-11-6-4-5-10(7-11)18(19,20)21/h4-7H,3,9H2,1-2H3,(H2,23,25,26)(H2,24,27,30). The number of ether oxygens (including phenoxy) is 1. The fourth-order valence-corrected chi connectivity index (χ4v) is 2.97. The van der Waals surface area contributed by atoms with E-state index in [1.165, 1.54) is 6.07 Å². The predicted molar refractivity (Wildman–Crippen MR) is 111 cm³/mol. The number of hydrogen-bond donors (Lipinski definition) is 3. The molecule has 1 aromatic heterocycles. The summed E-state index contributed by atoms with van der Waals surface area (Å²) in [4.78, 5) is 32.4. The molecule has 2 amide bonds. The minimum atomic E-state index is -4.60. The fourth-order valence-electron chi connectivity index (χ4n) is 2.44. The third-order valence-electron chi connectivity index (χ3n) is 3.71. The van der Waals surface area contributed by atoms with Crippen molar-refractivity contribution >= 4 is 41.2 Å². The van der Waals surface area contributed by atoms with Gasteiger partial charge in [-0.15, -0.1) is 11.8 Å². The average Bonchev–Trinajstić information content (AvgIpc) is 2.72. The first kappa shape index (κ1) is 24.5. The summed E-state index contributed by atoms with van der Waals surface area (Å²) >= 11 is 1.09. The number of rotatable bonds is 7. The molecular formula is C18H18F3N7O3S. The van der Waals surface area contributed by atoms with Gasteiger partial charge in [0.15, 0.2) is 5.82 Å². The Hall–Kier alpha value is -3.73. The summed E-state index contributed by atoms with van der Waals surface area (Å²) in [6.07, 6.45) is -2.96. The molecule has 0 aliphatic rings. The zero-order valence-electron chi connectivity index (χ0n) is 16.9. The smallest absolute Gasteiger partial charge is 0.416 e. The van der Waals surface area contributed by atoms with Crippen LogP contribution in [0.15, 0.2) is 29.3 Å². The van der Waals surface area contributed by atoms with Gasteiger partial charge in [-0.1, -0.05) is 6.07 Å². The van der Waals surface area contributed by atoms with Crippen molar-refractivity contribution in [3.05, 3.63) is 35.4 Å². The van der Waals surface area contributed by atoms with Crippen LogP contribution in [0.4, 0.5) is 35.4 Å². The van der Waals surface area contributed by atoms with E-state index in [2.05, 4.69) is 20.7 Å². The van der Waals surface area contributed by atoms with E-state index in [0.717, 1.165) is 35.0 Å². The Morgan fingerprint density at radius 2 is 2.06 bits per heavy atom. The quantitative estimate of drug-likeness (QED) is 0.241. The van der Waals surface area contributed by atoms with Crippen LogP contribution in [0.2, 0.25) is 0 Å².